The van der Waals surface area contributed by atoms with E-state index in [0.29, 0.717) is 0 Å². The van der Waals surface area contributed by atoms with Crippen LogP contribution in [0.5, 0.6) is 0 Å². The molecule has 0 bridgehead atoms. The van der Waals surface area contributed by atoms with Crippen LogP contribution in [-0.4, -0.2) is 22.6 Å². The summed E-state index contributed by atoms with van der Waals surface area (Å²) in [5.41, 5.74) is 3.37. The molecule has 0 radical (unpaired) electrons. The Morgan fingerprint density at radius 1 is 1.39 bits per heavy atom. The van der Waals surface area contributed by atoms with Crippen molar-refractivity contribution in [3.63, 3.8) is 0 Å². The monoisotopic (exact) mass is 245 g/mol. The second-order valence-electron chi connectivity index (χ2n) is 4.79. The molecule has 3 rings (SSSR count). The van der Waals surface area contributed by atoms with Gasteiger partial charge in [0, 0.05) is 36.9 Å². The van der Waals surface area contributed by atoms with E-state index >= 15 is 0 Å². The first kappa shape index (κ1) is 11.4. The van der Waals surface area contributed by atoms with Crippen LogP contribution in [0.2, 0.25) is 0 Å². The van der Waals surface area contributed by atoms with Gasteiger partial charge in [0.15, 0.2) is 0 Å². The molecular weight excluding hydrogens is 226 g/mol. The summed E-state index contributed by atoms with van der Waals surface area (Å²) < 4.78 is 1.95. The summed E-state index contributed by atoms with van der Waals surface area (Å²) in [6.07, 6.45) is 3.97. The summed E-state index contributed by atoms with van der Waals surface area (Å²) in [6, 6.07) is 2.03. The summed E-state index contributed by atoms with van der Waals surface area (Å²) >= 11 is 0. The van der Waals surface area contributed by atoms with Crippen molar-refractivity contribution in [3.05, 3.63) is 28.3 Å². The lowest BCUT2D eigenvalue weighted by Crippen LogP contribution is -2.28. The van der Waals surface area contributed by atoms with E-state index in [1.165, 1.54) is 11.4 Å². The van der Waals surface area contributed by atoms with Gasteiger partial charge in [0.25, 0.3) is 5.56 Å². The fourth-order valence-corrected chi connectivity index (χ4v) is 3.07. The summed E-state index contributed by atoms with van der Waals surface area (Å²) in [6.45, 7) is 7.14. The lowest BCUT2D eigenvalue weighted by molar-refractivity contribution is 0.723. The Balaban J connectivity index is 2.38. The van der Waals surface area contributed by atoms with E-state index in [1.54, 1.807) is 0 Å². The highest BCUT2D eigenvalue weighted by molar-refractivity contribution is 5.93. The molecule has 1 aliphatic rings. The van der Waals surface area contributed by atoms with Gasteiger partial charge in [-0.3, -0.25) is 4.79 Å². The molecule has 1 N–H and O–H groups in total. The minimum Gasteiger partial charge on any atom is -0.370 e. The average molecular weight is 245 g/mol. The minimum absolute atomic E-state index is 0.137. The molecule has 0 unspecified atom stereocenters. The zero-order chi connectivity index (χ0) is 12.7. The smallest absolute Gasteiger partial charge is 0.275 e. The van der Waals surface area contributed by atoms with Crippen LogP contribution >= 0.6 is 0 Å². The molecule has 4 heteroatoms. The van der Waals surface area contributed by atoms with E-state index in [0.717, 1.165) is 43.4 Å². The van der Waals surface area contributed by atoms with Gasteiger partial charge in [-0.15, -0.1) is 0 Å². The van der Waals surface area contributed by atoms with E-state index in [2.05, 4.69) is 23.7 Å². The highest BCUT2D eigenvalue weighted by Crippen LogP contribution is 2.32. The Bertz CT molecular complexity index is 634. The van der Waals surface area contributed by atoms with Crippen molar-refractivity contribution in [2.45, 2.75) is 33.2 Å². The Labute approximate surface area is 106 Å². The second-order valence-corrected chi connectivity index (χ2v) is 4.79. The van der Waals surface area contributed by atoms with Crippen molar-refractivity contribution in [3.8, 4) is 0 Å². The molecule has 0 amide bonds. The van der Waals surface area contributed by atoms with Crippen LogP contribution in [0, 0.1) is 0 Å². The zero-order valence-corrected chi connectivity index (χ0v) is 11.0. The van der Waals surface area contributed by atoms with Gasteiger partial charge >= 0.3 is 0 Å². The number of anilines is 1. The zero-order valence-electron chi connectivity index (χ0n) is 11.0. The third kappa shape index (κ3) is 1.41. The molecule has 18 heavy (non-hydrogen) atoms. The van der Waals surface area contributed by atoms with Crippen LogP contribution in [0.4, 0.5) is 5.69 Å². The fourth-order valence-electron chi connectivity index (χ4n) is 3.07. The number of H-pyrrole nitrogens is 1. The molecule has 0 saturated heterocycles. The molecule has 0 atom stereocenters. The highest BCUT2D eigenvalue weighted by Gasteiger charge is 2.23. The van der Waals surface area contributed by atoms with Crippen molar-refractivity contribution in [1.82, 2.24) is 9.55 Å². The van der Waals surface area contributed by atoms with Gasteiger partial charge in [-0.25, -0.2) is 0 Å². The molecule has 2 aromatic heterocycles. The molecular formula is C14H19N3O. The number of rotatable bonds is 3. The first-order valence-electron chi connectivity index (χ1n) is 6.75. The van der Waals surface area contributed by atoms with Crippen molar-refractivity contribution in [2.75, 3.05) is 18.0 Å². The fraction of sp³-hybridized carbons (Fsp3) is 0.500. The number of pyridine rings is 1. The number of nitrogens with zero attached hydrogens (tertiary/aromatic N) is 2. The van der Waals surface area contributed by atoms with Crippen molar-refractivity contribution in [2.24, 2.45) is 0 Å². The van der Waals surface area contributed by atoms with Gasteiger partial charge in [0.05, 0.1) is 5.69 Å². The first-order valence-corrected chi connectivity index (χ1v) is 6.75. The molecule has 2 aromatic rings. The van der Waals surface area contributed by atoms with Crippen molar-refractivity contribution >= 4 is 16.6 Å². The number of hydrogen-bond acceptors (Lipinski definition) is 2. The maximum absolute atomic E-state index is 12.3. The number of nitrogens with one attached hydrogen (secondary N) is 1. The van der Waals surface area contributed by atoms with Gasteiger partial charge in [0.1, 0.15) is 5.52 Å². The van der Waals surface area contributed by atoms with E-state index < -0.39 is 0 Å². The van der Waals surface area contributed by atoms with E-state index in [4.69, 9.17) is 0 Å². The maximum atomic E-state index is 12.3. The Kier molecular flexibility index (Phi) is 2.65. The number of fused-ring (bicyclic) bond motifs is 2. The van der Waals surface area contributed by atoms with Crippen LogP contribution < -0.4 is 10.5 Å². The molecule has 3 heterocycles. The quantitative estimate of drug-likeness (QED) is 0.900. The largest absolute Gasteiger partial charge is 0.370 e. The van der Waals surface area contributed by atoms with Crippen LogP contribution in [0.1, 0.15) is 26.0 Å². The van der Waals surface area contributed by atoms with E-state index in [9.17, 15) is 4.79 Å². The van der Waals surface area contributed by atoms with Gasteiger partial charge in [-0.1, -0.05) is 0 Å². The van der Waals surface area contributed by atoms with Gasteiger partial charge in [-0.2, -0.15) is 0 Å². The lowest BCUT2D eigenvalue weighted by Gasteiger charge is -2.25. The second kappa shape index (κ2) is 4.19. The average Bonchev–Trinajstić information content (AvgIpc) is 3.03. The highest BCUT2D eigenvalue weighted by atomic mass is 16.1. The lowest BCUT2D eigenvalue weighted by atomic mass is 10.1. The molecule has 1 aliphatic heterocycles. The summed E-state index contributed by atoms with van der Waals surface area (Å²) in [7, 11) is 0. The number of aromatic nitrogens is 2. The molecule has 0 spiro atoms. The summed E-state index contributed by atoms with van der Waals surface area (Å²) in [5, 5.41) is 1.08. The maximum Gasteiger partial charge on any atom is 0.275 e. The molecule has 96 valence electrons. The topological polar surface area (TPSA) is 41.0 Å². The third-order valence-electron chi connectivity index (χ3n) is 3.94. The SMILES string of the molecule is CCN(CC)c1c2n(c(=O)c3[nH]ccc13)CCC2. The Morgan fingerprint density at radius 3 is 2.89 bits per heavy atom. The number of hydrogen-bond donors (Lipinski definition) is 1. The molecule has 0 fully saturated rings. The van der Waals surface area contributed by atoms with Crippen LogP contribution in [0.3, 0.4) is 0 Å². The third-order valence-corrected chi connectivity index (χ3v) is 3.94. The molecule has 4 nitrogen and oxygen atoms in total. The standard InChI is InChI=1S/C14H19N3O/c1-3-16(4-2)13-10-7-8-15-12(10)14(18)17-9-5-6-11(13)17/h7-8,15H,3-6,9H2,1-2H3. The van der Waals surface area contributed by atoms with Crippen molar-refractivity contribution in [1.29, 1.82) is 0 Å². The number of aromatic amines is 1. The predicted molar refractivity (Wildman–Crippen MR) is 74.4 cm³/mol. The minimum atomic E-state index is 0.137. The van der Waals surface area contributed by atoms with Crippen LogP contribution in [0.25, 0.3) is 10.9 Å². The first-order chi connectivity index (χ1) is 8.77. The summed E-state index contributed by atoms with van der Waals surface area (Å²) in [4.78, 5) is 17.8. The molecule has 0 saturated carbocycles. The van der Waals surface area contributed by atoms with E-state index in [-0.39, 0.29) is 5.56 Å². The van der Waals surface area contributed by atoms with Gasteiger partial charge < -0.3 is 14.5 Å². The predicted octanol–water partition coefficient (Wildman–Crippen LogP) is 2.12. The van der Waals surface area contributed by atoms with Gasteiger partial charge in [0.2, 0.25) is 0 Å². The summed E-state index contributed by atoms with van der Waals surface area (Å²) in [5.74, 6) is 0. The van der Waals surface area contributed by atoms with Crippen LogP contribution in [-0.2, 0) is 13.0 Å². The van der Waals surface area contributed by atoms with Crippen LogP contribution in [0.15, 0.2) is 17.1 Å². The van der Waals surface area contributed by atoms with Crippen molar-refractivity contribution < 1.29 is 0 Å². The molecule has 0 aliphatic carbocycles. The Hall–Kier alpha value is -1.71. The van der Waals surface area contributed by atoms with E-state index in [1.807, 2.05) is 16.8 Å². The Morgan fingerprint density at radius 2 is 2.17 bits per heavy atom. The molecule has 0 aromatic carbocycles. The normalized spacial score (nSPS) is 14.1. The van der Waals surface area contributed by atoms with Gasteiger partial charge in [-0.05, 0) is 32.8 Å².